The first-order valence-electron chi connectivity index (χ1n) is 9.99. The van der Waals surface area contributed by atoms with Crippen molar-refractivity contribution in [2.24, 2.45) is 10.9 Å². The summed E-state index contributed by atoms with van der Waals surface area (Å²) in [5, 5.41) is 3.16. The van der Waals surface area contributed by atoms with Crippen molar-refractivity contribution >= 4 is 29.1 Å². The van der Waals surface area contributed by atoms with Gasteiger partial charge in [0.15, 0.2) is 0 Å². The Labute approximate surface area is 180 Å². The third-order valence-corrected chi connectivity index (χ3v) is 5.92. The van der Waals surface area contributed by atoms with Gasteiger partial charge in [0.1, 0.15) is 17.1 Å². The molecule has 3 heterocycles. The van der Waals surface area contributed by atoms with E-state index in [1.165, 1.54) is 17.0 Å². The lowest BCUT2D eigenvalue weighted by atomic mass is 10.1. The monoisotopic (exact) mass is 445 g/mol. The van der Waals surface area contributed by atoms with Gasteiger partial charge in [-0.25, -0.2) is 9.69 Å². The molecule has 2 aromatic rings. The van der Waals surface area contributed by atoms with E-state index in [4.69, 9.17) is 0 Å². The number of amides is 3. The Morgan fingerprint density at radius 2 is 1.91 bits per heavy atom. The number of carbonyl (C=O) groups excluding carboxylic acids is 2. The van der Waals surface area contributed by atoms with Crippen molar-refractivity contribution in [3.63, 3.8) is 0 Å². The number of aliphatic imine (C=N–C) groups is 1. The van der Waals surface area contributed by atoms with Crippen LogP contribution in [0, 0.1) is 5.92 Å². The Balaban J connectivity index is 1.53. The van der Waals surface area contributed by atoms with Gasteiger partial charge in [-0.1, -0.05) is 6.92 Å². The van der Waals surface area contributed by atoms with Gasteiger partial charge >= 0.3 is 12.4 Å². The van der Waals surface area contributed by atoms with Crippen LogP contribution in [0.4, 0.5) is 29.3 Å². The number of aromatic nitrogens is 1. The Hall–Kier alpha value is -3.63. The number of imide groups is 1. The molecule has 0 radical (unpaired) electrons. The van der Waals surface area contributed by atoms with E-state index in [-0.39, 0.29) is 11.6 Å². The lowest BCUT2D eigenvalue weighted by molar-refractivity contribution is -0.274. The van der Waals surface area contributed by atoms with Crippen LogP contribution in [-0.2, 0) is 4.79 Å². The van der Waals surface area contributed by atoms with Gasteiger partial charge in [0, 0.05) is 18.9 Å². The van der Waals surface area contributed by atoms with E-state index in [0.29, 0.717) is 36.6 Å². The number of hydrogen-bond donors (Lipinski definition) is 1. The molecule has 3 amide bonds. The minimum absolute atomic E-state index is 0.0868. The lowest BCUT2D eigenvalue weighted by Crippen LogP contribution is -2.40. The maximum atomic E-state index is 13.5. The molecule has 1 saturated carbocycles. The molecule has 32 heavy (non-hydrogen) atoms. The van der Waals surface area contributed by atoms with Gasteiger partial charge < -0.3 is 10.1 Å². The zero-order valence-electron chi connectivity index (χ0n) is 16.9. The van der Waals surface area contributed by atoms with Gasteiger partial charge in [0.05, 0.1) is 23.5 Å². The Morgan fingerprint density at radius 3 is 2.50 bits per heavy atom. The summed E-state index contributed by atoms with van der Waals surface area (Å²) in [5.74, 6) is -0.336. The second kappa shape index (κ2) is 6.94. The first kappa shape index (κ1) is 20.3. The van der Waals surface area contributed by atoms with Gasteiger partial charge in [-0.3, -0.25) is 19.7 Å². The molecule has 2 atom stereocenters. The second-order valence-electron chi connectivity index (χ2n) is 7.88. The summed E-state index contributed by atoms with van der Waals surface area (Å²) in [4.78, 5) is 38.0. The molecule has 8 nitrogen and oxygen atoms in total. The van der Waals surface area contributed by atoms with Gasteiger partial charge in [-0.05, 0) is 42.7 Å². The number of ether oxygens (including phenoxy) is 1. The van der Waals surface area contributed by atoms with E-state index in [0.717, 1.165) is 17.0 Å². The fourth-order valence-electron chi connectivity index (χ4n) is 4.35. The van der Waals surface area contributed by atoms with Crippen LogP contribution in [0.5, 0.6) is 5.75 Å². The average molecular weight is 445 g/mol. The fourth-order valence-corrected chi connectivity index (χ4v) is 4.35. The van der Waals surface area contributed by atoms with Gasteiger partial charge in [0.2, 0.25) is 0 Å². The van der Waals surface area contributed by atoms with Gasteiger partial charge in [-0.15, -0.1) is 13.2 Å². The molecular formula is C21H18F3N5O3. The fraction of sp³-hybridized carbons (Fsp3) is 0.333. The van der Waals surface area contributed by atoms with Crippen LogP contribution in [0.25, 0.3) is 0 Å². The highest BCUT2D eigenvalue weighted by Crippen LogP contribution is 2.56. The number of hydrogen-bond acceptors (Lipinski definition) is 6. The molecule has 1 saturated heterocycles. The molecule has 1 aliphatic carbocycles. The number of carbonyl (C=O) groups is 2. The van der Waals surface area contributed by atoms with E-state index < -0.39 is 29.6 Å². The number of nitrogens with zero attached hydrogens (tertiary/aromatic N) is 4. The quantitative estimate of drug-likeness (QED) is 0.731. The standard InChI is InChI=1S/C21H18F3N5O3/c1-12-10-20(12)18(30)28(13-2-4-14(5-3-13)32-21(22,23)24)19(31)29(20)16-6-7-25-11-15(16)17-26-8-9-27-17/h2-7,11-12H,8-10H2,1H3,(H,26,27). The number of nitrogens with one attached hydrogen (secondary N) is 1. The van der Waals surface area contributed by atoms with E-state index in [9.17, 15) is 22.8 Å². The third-order valence-electron chi connectivity index (χ3n) is 5.92. The molecule has 11 heteroatoms. The normalized spacial score (nSPS) is 24.8. The van der Waals surface area contributed by atoms with Crippen LogP contribution in [0.1, 0.15) is 18.9 Å². The summed E-state index contributed by atoms with van der Waals surface area (Å²) < 4.78 is 41.3. The molecule has 1 aromatic carbocycles. The summed E-state index contributed by atoms with van der Waals surface area (Å²) >= 11 is 0. The molecule has 3 aliphatic rings. The van der Waals surface area contributed by atoms with Crippen molar-refractivity contribution in [3.8, 4) is 5.75 Å². The summed E-state index contributed by atoms with van der Waals surface area (Å²) in [6.45, 7) is 3.14. The van der Waals surface area contributed by atoms with E-state index in [1.807, 2.05) is 6.92 Å². The number of urea groups is 1. The minimum Gasteiger partial charge on any atom is -0.406 e. The van der Waals surface area contributed by atoms with Crippen molar-refractivity contribution < 1.29 is 27.5 Å². The van der Waals surface area contributed by atoms with Crippen molar-refractivity contribution in [1.29, 1.82) is 0 Å². The van der Waals surface area contributed by atoms with Gasteiger partial charge in [0.25, 0.3) is 5.91 Å². The Morgan fingerprint density at radius 1 is 1.19 bits per heavy atom. The summed E-state index contributed by atoms with van der Waals surface area (Å²) in [7, 11) is 0. The number of alkyl halides is 3. The van der Waals surface area contributed by atoms with Crippen LogP contribution >= 0.6 is 0 Å². The number of amidine groups is 1. The molecule has 5 rings (SSSR count). The molecule has 0 bridgehead atoms. The number of anilines is 2. The highest BCUT2D eigenvalue weighted by molar-refractivity contribution is 6.32. The highest BCUT2D eigenvalue weighted by atomic mass is 19.4. The molecule has 1 aromatic heterocycles. The maximum Gasteiger partial charge on any atom is 0.573 e. The molecule has 166 valence electrons. The zero-order valence-corrected chi connectivity index (χ0v) is 16.9. The predicted molar refractivity (Wildman–Crippen MR) is 109 cm³/mol. The molecule has 1 spiro atoms. The molecule has 2 aliphatic heterocycles. The topological polar surface area (TPSA) is 87.1 Å². The lowest BCUT2D eigenvalue weighted by Gasteiger charge is -2.24. The van der Waals surface area contributed by atoms with E-state index in [1.54, 1.807) is 18.5 Å². The summed E-state index contributed by atoms with van der Waals surface area (Å²) in [6.07, 6.45) is -1.22. The molecular weight excluding hydrogens is 427 g/mol. The van der Waals surface area contributed by atoms with Crippen molar-refractivity contribution in [1.82, 2.24) is 10.3 Å². The van der Waals surface area contributed by atoms with Crippen LogP contribution < -0.4 is 19.9 Å². The van der Waals surface area contributed by atoms with Crippen molar-refractivity contribution in [2.45, 2.75) is 25.2 Å². The second-order valence-corrected chi connectivity index (χ2v) is 7.88. The summed E-state index contributed by atoms with van der Waals surface area (Å²) in [5.41, 5.74) is 0.242. The van der Waals surface area contributed by atoms with Crippen LogP contribution in [0.2, 0.25) is 0 Å². The number of pyridine rings is 1. The predicted octanol–water partition coefficient (Wildman–Crippen LogP) is 3.08. The first-order valence-corrected chi connectivity index (χ1v) is 9.99. The summed E-state index contributed by atoms with van der Waals surface area (Å²) in [6, 6.07) is 5.76. The van der Waals surface area contributed by atoms with E-state index in [2.05, 4.69) is 20.0 Å². The minimum atomic E-state index is -4.83. The zero-order chi connectivity index (χ0) is 22.7. The average Bonchev–Trinajstić information content (AvgIpc) is 3.09. The maximum absolute atomic E-state index is 13.5. The third kappa shape index (κ3) is 3.07. The van der Waals surface area contributed by atoms with E-state index >= 15 is 0 Å². The first-order chi connectivity index (χ1) is 15.2. The SMILES string of the molecule is CC1CC12C(=O)N(c1ccc(OC(F)(F)F)cc1)C(=O)N2c1ccncc1C1=NCCN1. The van der Waals surface area contributed by atoms with Gasteiger partial charge in [-0.2, -0.15) is 0 Å². The number of benzene rings is 1. The molecule has 2 unspecified atom stereocenters. The largest absolute Gasteiger partial charge is 0.573 e. The number of rotatable bonds is 4. The van der Waals surface area contributed by atoms with Crippen molar-refractivity contribution in [2.75, 3.05) is 22.9 Å². The highest BCUT2D eigenvalue weighted by Gasteiger charge is 2.70. The van der Waals surface area contributed by atoms with Crippen LogP contribution in [0.3, 0.4) is 0 Å². The smallest absolute Gasteiger partial charge is 0.406 e. The Kier molecular flexibility index (Phi) is 4.40. The molecule has 1 N–H and O–H groups in total. The number of halogens is 3. The Bertz CT molecular complexity index is 1130. The van der Waals surface area contributed by atoms with Crippen LogP contribution in [-0.4, -0.2) is 47.7 Å². The van der Waals surface area contributed by atoms with Crippen molar-refractivity contribution in [3.05, 3.63) is 48.3 Å². The molecule has 2 fully saturated rings. The van der Waals surface area contributed by atoms with Crippen LogP contribution in [0.15, 0.2) is 47.7 Å².